The summed E-state index contributed by atoms with van der Waals surface area (Å²) in [6.45, 7) is 4.29. The van der Waals surface area contributed by atoms with Crippen LogP contribution in [0.25, 0.3) is 10.9 Å². The third-order valence-electron chi connectivity index (χ3n) is 9.21. The number of aromatic nitrogens is 1. The van der Waals surface area contributed by atoms with Gasteiger partial charge in [-0.05, 0) is 125 Å². The minimum Gasteiger partial charge on any atom is -0.493 e. The number of anilines is 1. The smallest absolute Gasteiger partial charge is 0.166 e. The quantitative estimate of drug-likeness (QED) is 0.292. The zero-order valence-electron chi connectivity index (χ0n) is 23.7. The van der Waals surface area contributed by atoms with E-state index in [1.807, 2.05) is 24.3 Å². The third-order valence-corrected chi connectivity index (χ3v) is 9.45. The molecule has 40 heavy (non-hydrogen) atoms. The highest BCUT2D eigenvalue weighted by molar-refractivity contribution is 6.31. The summed E-state index contributed by atoms with van der Waals surface area (Å²) >= 11 is 6.28. The Balaban J connectivity index is 0.992. The molecule has 0 radical (unpaired) electrons. The number of likely N-dealkylation sites (tertiary alicyclic amines) is 1. The van der Waals surface area contributed by atoms with Crippen molar-refractivity contribution in [2.45, 2.75) is 57.8 Å². The number of nitrogens with one attached hydrogen (secondary N) is 1. The Kier molecular flexibility index (Phi) is 8.17. The number of ketones is 1. The van der Waals surface area contributed by atoms with Gasteiger partial charge in [0.1, 0.15) is 0 Å². The first-order chi connectivity index (χ1) is 19.5. The maximum absolute atomic E-state index is 13.2. The summed E-state index contributed by atoms with van der Waals surface area (Å²) < 4.78 is 10.9. The Labute approximate surface area is 242 Å². The SMILES string of the molecule is COc1cc2c(cc1OC)C(=O)C(CC1CCN(CCCNc3c4c(nc5cc(Cl)ccc35)CCCC4)CC1)C2. The van der Waals surface area contributed by atoms with Gasteiger partial charge in [0.25, 0.3) is 0 Å². The van der Waals surface area contributed by atoms with Gasteiger partial charge in [0, 0.05) is 39.8 Å². The van der Waals surface area contributed by atoms with Crippen LogP contribution in [0.5, 0.6) is 11.5 Å². The predicted molar refractivity (Wildman–Crippen MR) is 161 cm³/mol. The molecule has 0 bridgehead atoms. The van der Waals surface area contributed by atoms with Crippen molar-refractivity contribution in [3.8, 4) is 11.5 Å². The number of carbonyl (C=O) groups excluding carboxylic acids is 1. The predicted octanol–water partition coefficient (Wildman–Crippen LogP) is 6.74. The maximum atomic E-state index is 13.2. The number of nitrogens with zero attached hydrogens (tertiary/aromatic N) is 2. The molecule has 2 aliphatic carbocycles. The molecule has 1 N–H and O–H groups in total. The highest BCUT2D eigenvalue weighted by Crippen LogP contribution is 2.40. The summed E-state index contributed by atoms with van der Waals surface area (Å²) in [5.41, 5.74) is 6.84. The van der Waals surface area contributed by atoms with E-state index >= 15 is 0 Å². The fourth-order valence-electron chi connectivity index (χ4n) is 7.05. The number of hydrogen-bond acceptors (Lipinski definition) is 6. The van der Waals surface area contributed by atoms with Crippen LogP contribution in [0, 0.1) is 11.8 Å². The van der Waals surface area contributed by atoms with Gasteiger partial charge in [-0.25, -0.2) is 0 Å². The Hall–Kier alpha value is -2.83. The number of ether oxygens (including phenoxy) is 2. The molecule has 3 aliphatic rings. The van der Waals surface area contributed by atoms with Crippen molar-refractivity contribution < 1.29 is 14.3 Å². The lowest BCUT2D eigenvalue weighted by Crippen LogP contribution is -2.36. The number of fused-ring (bicyclic) bond motifs is 3. The van der Waals surface area contributed by atoms with Crippen LogP contribution < -0.4 is 14.8 Å². The molecule has 1 aliphatic heterocycles. The van der Waals surface area contributed by atoms with Gasteiger partial charge in [-0.1, -0.05) is 11.6 Å². The number of Topliss-reactive ketones (excluding diaryl/α,β-unsaturated/α-hetero) is 1. The van der Waals surface area contributed by atoms with Gasteiger partial charge in [-0.15, -0.1) is 0 Å². The van der Waals surface area contributed by atoms with Crippen LogP contribution in [0.3, 0.4) is 0 Å². The van der Waals surface area contributed by atoms with E-state index in [1.165, 1.54) is 48.0 Å². The van der Waals surface area contributed by atoms with Gasteiger partial charge in [-0.2, -0.15) is 0 Å². The normalized spacial score (nSPS) is 19.5. The average molecular weight is 562 g/mol. The minimum atomic E-state index is 0.0866. The Morgan fingerprint density at radius 3 is 2.62 bits per heavy atom. The summed E-state index contributed by atoms with van der Waals surface area (Å²) in [6, 6.07) is 9.94. The lowest BCUT2D eigenvalue weighted by atomic mass is 9.85. The topological polar surface area (TPSA) is 63.7 Å². The molecule has 0 saturated carbocycles. The van der Waals surface area contributed by atoms with E-state index < -0.39 is 0 Å². The highest BCUT2D eigenvalue weighted by atomic mass is 35.5. The lowest BCUT2D eigenvalue weighted by molar-refractivity contribution is 0.0897. The fourth-order valence-corrected chi connectivity index (χ4v) is 7.22. The molecule has 1 atom stereocenters. The molecule has 7 heteroatoms. The molecule has 6 nitrogen and oxygen atoms in total. The second-order valence-electron chi connectivity index (χ2n) is 11.7. The van der Waals surface area contributed by atoms with Crippen molar-refractivity contribution in [2.24, 2.45) is 11.8 Å². The van der Waals surface area contributed by atoms with E-state index in [-0.39, 0.29) is 11.7 Å². The van der Waals surface area contributed by atoms with Crippen LogP contribution in [-0.2, 0) is 19.3 Å². The summed E-state index contributed by atoms with van der Waals surface area (Å²) in [7, 11) is 3.27. The molecular weight excluding hydrogens is 522 g/mol. The third kappa shape index (κ3) is 5.53. The number of piperidine rings is 1. The maximum Gasteiger partial charge on any atom is 0.166 e. The van der Waals surface area contributed by atoms with Crippen molar-refractivity contribution in [2.75, 3.05) is 45.7 Å². The number of hydrogen-bond donors (Lipinski definition) is 1. The standard InChI is InChI=1S/C33H40ClN3O3/c1-39-30-18-22-17-23(33(38)27(22)20-31(30)40-2)16-21-10-14-37(15-11-21)13-5-12-35-32-25-6-3-4-7-28(25)36-29-19-24(34)8-9-26(29)32/h8-9,18-21,23H,3-7,10-17H2,1-2H3,(H,35,36). The highest BCUT2D eigenvalue weighted by Gasteiger charge is 2.34. The molecule has 6 rings (SSSR count). The Bertz CT molecular complexity index is 1400. The number of rotatable bonds is 9. The van der Waals surface area contributed by atoms with Crippen molar-refractivity contribution >= 4 is 34.0 Å². The van der Waals surface area contributed by atoms with Crippen molar-refractivity contribution in [3.05, 3.63) is 57.7 Å². The monoisotopic (exact) mass is 561 g/mol. The van der Waals surface area contributed by atoms with Gasteiger partial charge in [0.05, 0.1) is 19.7 Å². The molecule has 212 valence electrons. The molecule has 1 unspecified atom stereocenters. The van der Waals surface area contributed by atoms with Crippen molar-refractivity contribution in [1.29, 1.82) is 0 Å². The van der Waals surface area contributed by atoms with Crippen LogP contribution in [0.2, 0.25) is 5.02 Å². The summed E-state index contributed by atoms with van der Waals surface area (Å²) in [5.74, 6) is 2.32. The first kappa shape index (κ1) is 27.3. The number of halogens is 1. The van der Waals surface area contributed by atoms with Crippen LogP contribution in [-0.4, -0.2) is 56.1 Å². The van der Waals surface area contributed by atoms with E-state index in [4.69, 9.17) is 26.1 Å². The molecule has 2 aromatic carbocycles. The number of methoxy groups -OCH3 is 2. The number of aryl methyl sites for hydroxylation is 1. The molecule has 2 heterocycles. The largest absolute Gasteiger partial charge is 0.493 e. The molecular formula is C33H40ClN3O3. The number of benzene rings is 2. The van der Waals surface area contributed by atoms with E-state index in [9.17, 15) is 4.79 Å². The molecule has 3 aromatic rings. The van der Waals surface area contributed by atoms with Gasteiger partial charge < -0.3 is 19.7 Å². The van der Waals surface area contributed by atoms with Gasteiger partial charge in [0.15, 0.2) is 17.3 Å². The second-order valence-corrected chi connectivity index (χ2v) is 12.1. The first-order valence-corrected chi connectivity index (χ1v) is 15.3. The van der Waals surface area contributed by atoms with Crippen LogP contribution in [0.1, 0.15) is 65.7 Å². The van der Waals surface area contributed by atoms with Crippen molar-refractivity contribution in [3.63, 3.8) is 0 Å². The zero-order valence-corrected chi connectivity index (χ0v) is 24.5. The van der Waals surface area contributed by atoms with Crippen molar-refractivity contribution in [1.82, 2.24) is 9.88 Å². The van der Waals surface area contributed by atoms with E-state index in [0.29, 0.717) is 17.4 Å². The molecule has 0 spiro atoms. The summed E-state index contributed by atoms with van der Waals surface area (Å²) in [6.07, 6.45) is 9.86. The lowest BCUT2D eigenvalue weighted by Gasteiger charge is -2.33. The number of carbonyl (C=O) groups is 1. The minimum absolute atomic E-state index is 0.0866. The summed E-state index contributed by atoms with van der Waals surface area (Å²) in [4.78, 5) is 20.7. The van der Waals surface area contributed by atoms with Crippen LogP contribution in [0.4, 0.5) is 5.69 Å². The Morgan fingerprint density at radius 1 is 1.05 bits per heavy atom. The van der Waals surface area contributed by atoms with E-state index in [0.717, 1.165) is 79.9 Å². The Morgan fingerprint density at radius 2 is 1.82 bits per heavy atom. The van der Waals surface area contributed by atoms with Gasteiger partial charge >= 0.3 is 0 Å². The molecule has 0 amide bonds. The zero-order chi connectivity index (χ0) is 27.6. The van der Waals surface area contributed by atoms with E-state index in [2.05, 4.69) is 16.3 Å². The molecule has 1 saturated heterocycles. The number of pyridine rings is 1. The van der Waals surface area contributed by atoms with Crippen LogP contribution >= 0.6 is 11.6 Å². The summed E-state index contributed by atoms with van der Waals surface area (Å²) in [5, 5.41) is 5.73. The average Bonchev–Trinajstić information content (AvgIpc) is 3.28. The van der Waals surface area contributed by atoms with Gasteiger partial charge in [-0.3, -0.25) is 9.78 Å². The second kappa shape index (κ2) is 12.0. The van der Waals surface area contributed by atoms with Crippen LogP contribution in [0.15, 0.2) is 30.3 Å². The van der Waals surface area contributed by atoms with Gasteiger partial charge in [0.2, 0.25) is 0 Å². The molecule has 1 aromatic heterocycles. The first-order valence-electron chi connectivity index (χ1n) is 14.9. The van der Waals surface area contributed by atoms with E-state index in [1.54, 1.807) is 14.2 Å². The molecule has 1 fully saturated rings. The fraction of sp³-hybridized carbons (Fsp3) is 0.515.